The van der Waals surface area contributed by atoms with Crippen LogP contribution >= 0.6 is 0 Å². The predicted molar refractivity (Wildman–Crippen MR) is 217 cm³/mol. The summed E-state index contributed by atoms with van der Waals surface area (Å²) in [5.74, 6) is 2.49. The minimum absolute atomic E-state index is 0.599. The number of benzene rings is 8. The molecular weight excluding hydrogens is 665 g/mol. The zero-order valence-corrected chi connectivity index (χ0v) is 28.8. The monoisotopic (exact) mass is 692 g/mol. The molecule has 54 heavy (non-hydrogen) atoms. The molecule has 8 aromatic carbocycles. The average Bonchev–Trinajstić information content (AvgIpc) is 3.86. The molecule has 0 saturated heterocycles. The van der Waals surface area contributed by atoms with E-state index in [-0.39, 0.29) is 0 Å². The van der Waals surface area contributed by atoms with Gasteiger partial charge in [0.25, 0.3) is 0 Å². The molecule has 0 aliphatic heterocycles. The van der Waals surface area contributed by atoms with E-state index in [2.05, 4.69) is 84.9 Å². The third-order valence-electron chi connectivity index (χ3n) is 10.2. The zero-order valence-electron chi connectivity index (χ0n) is 28.8. The van der Waals surface area contributed by atoms with Gasteiger partial charge in [-0.15, -0.1) is 0 Å². The van der Waals surface area contributed by atoms with Gasteiger partial charge in [0.1, 0.15) is 16.7 Å². The minimum atomic E-state index is 0.599. The average molecular weight is 693 g/mol. The van der Waals surface area contributed by atoms with E-state index in [9.17, 15) is 0 Å². The first-order valence-electron chi connectivity index (χ1n) is 17.9. The molecule has 6 nitrogen and oxygen atoms in total. The third kappa shape index (κ3) is 4.96. The van der Waals surface area contributed by atoms with Crippen LogP contribution in [0.1, 0.15) is 0 Å². The zero-order chi connectivity index (χ0) is 35.6. The predicted octanol–water partition coefficient (Wildman–Crippen LogP) is 12.6. The molecule has 0 spiro atoms. The normalized spacial score (nSPS) is 11.7. The topological polar surface area (TPSA) is 77.8 Å². The lowest BCUT2D eigenvalue weighted by Crippen LogP contribution is -2.00. The molecule has 0 saturated carbocycles. The van der Waals surface area contributed by atoms with E-state index >= 15 is 0 Å². The van der Waals surface area contributed by atoms with Crippen molar-refractivity contribution in [1.82, 2.24) is 19.9 Å². The van der Waals surface area contributed by atoms with Crippen LogP contribution in [0.15, 0.2) is 179 Å². The second kappa shape index (κ2) is 12.1. The fourth-order valence-electron chi connectivity index (χ4n) is 7.52. The lowest BCUT2D eigenvalue weighted by molar-refractivity contribution is 0.623. The molecular formula is C48H28N4O2. The van der Waals surface area contributed by atoms with E-state index in [0.717, 1.165) is 88.0 Å². The van der Waals surface area contributed by atoms with Crippen LogP contribution in [0.4, 0.5) is 0 Å². The van der Waals surface area contributed by atoms with Gasteiger partial charge in [0.15, 0.2) is 23.1 Å². The number of furan rings is 1. The summed E-state index contributed by atoms with van der Waals surface area (Å²) in [6.45, 7) is 0. The van der Waals surface area contributed by atoms with Crippen molar-refractivity contribution in [2.24, 2.45) is 0 Å². The largest absolute Gasteiger partial charge is 0.456 e. The fourth-order valence-corrected chi connectivity index (χ4v) is 7.52. The number of oxazole rings is 1. The van der Waals surface area contributed by atoms with Crippen LogP contribution in [-0.2, 0) is 0 Å². The molecule has 252 valence electrons. The highest BCUT2D eigenvalue weighted by molar-refractivity contribution is 6.25. The van der Waals surface area contributed by atoms with Crippen molar-refractivity contribution in [1.29, 1.82) is 0 Å². The molecule has 0 fully saturated rings. The van der Waals surface area contributed by atoms with Crippen LogP contribution in [0.5, 0.6) is 0 Å². The Balaban J connectivity index is 1.03. The highest BCUT2D eigenvalue weighted by Crippen LogP contribution is 2.41. The van der Waals surface area contributed by atoms with Gasteiger partial charge >= 0.3 is 0 Å². The van der Waals surface area contributed by atoms with Gasteiger partial charge in [-0.2, -0.15) is 0 Å². The maximum absolute atomic E-state index is 6.49. The molecule has 6 heteroatoms. The number of aromatic nitrogens is 4. The van der Waals surface area contributed by atoms with Crippen LogP contribution < -0.4 is 0 Å². The molecule has 0 bridgehead atoms. The van der Waals surface area contributed by atoms with Crippen LogP contribution in [0.3, 0.4) is 0 Å². The van der Waals surface area contributed by atoms with E-state index in [4.69, 9.17) is 28.8 Å². The molecule has 3 aromatic heterocycles. The standard InChI is InChI=1S/C48H28N4O2/c1-3-11-32(12-4-1)45-50-46(52-47(51-45)37-17-9-15-30-10-7-8-16-36(30)37)33-20-18-29(19-21-33)35-24-26-40-38(28-35)43-41(53-40)27-23-31-22-25-39-44(42(31)43)54-48(49-39)34-13-5-2-6-14-34/h1-28H. The second-order valence-corrected chi connectivity index (χ2v) is 13.4. The molecule has 0 atom stereocenters. The lowest BCUT2D eigenvalue weighted by Gasteiger charge is -2.11. The number of hydrogen-bond donors (Lipinski definition) is 0. The van der Waals surface area contributed by atoms with E-state index in [1.807, 2.05) is 84.9 Å². The van der Waals surface area contributed by atoms with Gasteiger partial charge < -0.3 is 8.83 Å². The molecule has 3 heterocycles. The Labute approximate surface area is 309 Å². The molecule has 0 unspecified atom stereocenters. The van der Waals surface area contributed by atoms with Gasteiger partial charge in [-0.05, 0) is 63.7 Å². The van der Waals surface area contributed by atoms with E-state index in [1.54, 1.807) is 0 Å². The van der Waals surface area contributed by atoms with Gasteiger partial charge in [-0.25, -0.2) is 19.9 Å². The Morgan fingerprint density at radius 1 is 0.352 bits per heavy atom. The SMILES string of the molecule is c1ccc(-c2nc(-c3ccc(-c4ccc5oc6ccc7ccc8nc(-c9ccccc9)oc8c7c6c5c4)cc3)nc(-c3cccc4ccccc34)n2)cc1. The number of nitrogens with zero attached hydrogens (tertiary/aromatic N) is 4. The van der Waals surface area contributed by atoms with Crippen LogP contribution in [-0.4, -0.2) is 19.9 Å². The Kier molecular flexibility index (Phi) is 6.75. The number of hydrogen-bond acceptors (Lipinski definition) is 6. The molecule has 0 aliphatic rings. The van der Waals surface area contributed by atoms with Gasteiger partial charge in [0.2, 0.25) is 5.89 Å². The van der Waals surface area contributed by atoms with Gasteiger partial charge in [-0.1, -0.05) is 133 Å². The van der Waals surface area contributed by atoms with Crippen LogP contribution in [0.2, 0.25) is 0 Å². The van der Waals surface area contributed by atoms with Crippen molar-refractivity contribution in [2.45, 2.75) is 0 Å². The van der Waals surface area contributed by atoms with Crippen LogP contribution in [0.25, 0.3) is 111 Å². The van der Waals surface area contributed by atoms with E-state index in [1.165, 1.54) is 0 Å². The fraction of sp³-hybridized carbons (Fsp3) is 0. The Morgan fingerprint density at radius 2 is 0.981 bits per heavy atom. The Morgan fingerprint density at radius 3 is 1.80 bits per heavy atom. The Bertz CT molecular complexity index is 3200. The van der Waals surface area contributed by atoms with Gasteiger partial charge in [-0.3, -0.25) is 0 Å². The first-order chi connectivity index (χ1) is 26.7. The molecule has 0 aliphatic carbocycles. The third-order valence-corrected chi connectivity index (χ3v) is 10.2. The summed E-state index contributed by atoms with van der Waals surface area (Å²) < 4.78 is 12.9. The van der Waals surface area contributed by atoms with Crippen LogP contribution in [0, 0.1) is 0 Å². The molecule has 0 radical (unpaired) electrons. The van der Waals surface area contributed by atoms with Crippen molar-refractivity contribution in [2.75, 3.05) is 0 Å². The quantitative estimate of drug-likeness (QED) is 0.179. The summed E-state index contributed by atoms with van der Waals surface area (Å²) >= 11 is 0. The first kappa shape index (κ1) is 30.2. The summed E-state index contributed by atoms with van der Waals surface area (Å²) in [5, 5.41) is 6.34. The van der Waals surface area contributed by atoms with Crippen molar-refractivity contribution < 1.29 is 8.83 Å². The highest BCUT2D eigenvalue weighted by Gasteiger charge is 2.19. The van der Waals surface area contributed by atoms with Crippen molar-refractivity contribution in [3.63, 3.8) is 0 Å². The molecule has 11 rings (SSSR count). The van der Waals surface area contributed by atoms with Gasteiger partial charge in [0.05, 0.1) is 0 Å². The van der Waals surface area contributed by atoms with Crippen molar-refractivity contribution in [3.8, 4) is 56.7 Å². The summed E-state index contributed by atoms with van der Waals surface area (Å²) in [6.07, 6.45) is 0. The number of rotatable bonds is 5. The van der Waals surface area contributed by atoms with Crippen molar-refractivity contribution >= 4 is 54.6 Å². The maximum atomic E-state index is 6.49. The maximum Gasteiger partial charge on any atom is 0.227 e. The summed E-state index contributed by atoms with van der Waals surface area (Å²) in [5.41, 5.74) is 9.08. The van der Waals surface area contributed by atoms with Gasteiger partial charge in [0, 0.05) is 38.4 Å². The smallest absolute Gasteiger partial charge is 0.227 e. The molecule has 0 N–H and O–H groups in total. The Hall–Kier alpha value is -7.44. The summed E-state index contributed by atoms with van der Waals surface area (Å²) in [4.78, 5) is 19.9. The summed E-state index contributed by atoms with van der Waals surface area (Å²) in [7, 11) is 0. The molecule has 0 amide bonds. The lowest BCUT2D eigenvalue weighted by atomic mass is 9.99. The molecule has 11 aromatic rings. The van der Waals surface area contributed by atoms with E-state index < -0.39 is 0 Å². The van der Waals surface area contributed by atoms with Crippen molar-refractivity contribution in [3.05, 3.63) is 170 Å². The minimum Gasteiger partial charge on any atom is -0.456 e. The first-order valence-corrected chi connectivity index (χ1v) is 17.9. The number of fused-ring (bicyclic) bond motifs is 8. The van der Waals surface area contributed by atoms with E-state index in [0.29, 0.717) is 23.4 Å². The second-order valence-electron chi connectivity index (χ2n) is 13.4. The summed E-state index contributed by atoms with van der Waals surface area (Å²) in [6, 6.07) is 57.7. The highest BCUT2D eigenvalue weighted by atomic mass is 16.3.